The molecule has 0 bridgehead atoms. The molecule has 1 atom stereocenters. The summed E-state index contributed by atoms with van der Waals surface area (Å²) < 4.78 is 0. The summed E-state index contributed by atoms with van der Waals surface area (Å²) in [5, 5.41) is 7.03. The maximum Gasteiger partial charge on any atom is 0.224 e. The number of thioether (sulfide) groups is 1. The molecule has 0 radical (unpaired) electrons. The van der Waals surface area contributed by atoms with E-state index in [-0.39, 0.29) is 0 Å². The molecule has 1 unspecified atom stereocenters. The highest BCUT2D eigenvalue weighted by Gasteiger charge is 2.03. The third-order valence-electron chi connectivity index (χ3n) is 2.16. The van der Waals surface area contributed by atoms with Gasteiger partial charge >= 0.3 is 0 Å². The SMILES string of the molecule is CCNc1nc(C)cc(NCC(C)SC)n1. The molecule has 0 aliphatic heterocycles. The van der Waals surface area contributed by atoms with Crippen molar-refractivity contribution in [1.82, 2.24) is 9.97 Å². The molecule has 16 heavy (non-hydrogen) atoms. The van der Waals surface area contributed by atoms with Crippen molar-refractivity contribution in [2.45, 2.75) is 26.0 Å². The van der Waals surface area contributed by atoms with E-state index in [1.54, 1.807) is 0 Å². The quantitative estimate of drug-likeness (QED) is 0.799. The molecule has 5 heteroatoms. The van der Waals surface area contributed by atoms with Gasteiger partial charge in [-0.3, -0.25) is 0 Å². The third-order valence-corrected chi connectivity index (χ3v) is 3.13. The van der Waals surface area contributed by atoms with Gasteiger partial charge in [0.05, 0.1) is 0 Å². The first-order valence-electron chi connectivity index (χ1n) is 5.52. The predicted octanol–water partition coefficient (Wildman–Crippen LogP) is 2.38. The largest absolute Gasteiger partial charge is 0.369 e. The maximum atomic E-state index is 4.39. The molecule has 0 aromatic carbocycles. The molecule has 0 amide bonds. The van der Waals surface area contributed by atoms with Gasteiger partial charge in [-0.2, -0.15) is 16.7 Å². The Balaban J connectivity index is 2.64. The molecule has 90 valence electrons. The Morgan fingerprint density at radius 1 is 1.38 bits per heavy atom. The van der Waals surface area contributed by atoms with E-state index in [0.29, 0.717) is 11.2 Å². The summed E-state index contributed by atoms with van der Waals surface area (Å²) >= 11 is 1.84. The summed E-state index contributed by atoms with van der Waals surface area (Å²) in [6, 6.07) is 1.97. The number of aromatic nitrogens is 2. The van der Waals surface area contributed by atoms with Crippen LogP contribution < -0.4 is 10.6 Å². The van der Waals surface area contributed by atoms with Crippen molar-refractivity contribution in [1.29, 1.82) is 0 Å². The van der Waals surface area contributed by atoms with Crippen LogP contribution in [0.5, 0.6) is 0 Å². The lowest BCUT2D eigenvalue weighted by molar-refractivity contribution is 0.976. The molecule has 2 N–H and O–H groups in total. The van der Waals surface area contributed by atoms with Gasteiger partial charge in [-0.1, -0.05) is 6.92 Å². The summed E-state index contributed by atoms with van der Waals surface area (Å²) in [5.74, 6) is 1.59. The van der Waals surface area contributed by atoms with E-state index in [1.165, 1.54) is 0 Å². The minimum atomic E-state index is 0.581. The number of rotatable bonds is 6. The molecular weight excluding hydrogens is 220 g/mol. The Kier molecular flexibility index (Phi) is 5.38. The van der Waals surface area contributed by atoms with Crippen molar-refractivity contribution >= 4 is 23.5 Å². The number of anilines is 2. The van der Waals surface area contributed by atoms with E-state index in [0.717, 1.165) is 24.6 Å². The van der Waals surface area contributed by atoms with Gasteiger partial charge in [0.25, 0.3) is 0 Å². The number of aryl methyl sites for hydroxylation is 1. The summed E-state index contributed by atoms with van der Waals surface area (Å²) in [6.45, 7) is 7.96. The summed E-state index contributed by atoms with van der Waals surface area (Å²) in [7, 11) is 0. The Morgan fingerprint density at radius 3 is 2.75 bits per heavy atom. The van der Waals surface area contributed by atoms with Crippen LogP contribution in [0.2, 0.25) is 0 Å². The normalized spacial score (nSPS) is 12.2. The first kappa shape index (κ1) is 13.1. The van der Waals surface area contributed by atoms with E-state index in [9.17, 15) is 0 Å². The minimum Gasteiger partial charge on any atom is -0.369 e. The highest BCUT2D eigenvalue weighted by molar-refractivity contribution is 7.99. The van der Waals surface area contributed by atoms with Gasteiger partial charge in [0, 0.05) is 30.1 Å². The van der Waals surface area contributed by atoms with E-state index < -0.39 is 0 Å². The van der Waals surface area contributed by atoms with Crippen LogP contribution in [0.1, 0.15) is 19.5 Å². The maximum absolute atomic E-state index is 4.39. The van der Waals surface area contributed by atoms with Crippen molar-refractivity contribution in [3.8, 4) is 0 Å². The van der Waals surface area contributed by atoms with Gasteiger partial charge in [-0.05, 0) is 20.1 Å². The van der Waals surface area contributed by atoms with Crippen LogP contribution in [0.15, 0.2) is 6.07 Å². The second kappa shape index (κ2) is 6.58. The first-order chi connectivity index (χ1) is 7.65. The van der Waals surface area contributed by atoms with Crippen molar-refractivity contribution in [3.05, 3.63) is 11.8 Å². The van der Waals surface area contributed by atoms with Gasteiger partial charge in [0.2, 0.25) is 5.95 Å². The molecule has 0 aliphatic rings. The van der Waals surface area contributed by atoms with Gasteiger partial charge in [-0.15, -0.1) is 0 Å². The van der Waals surface area contributed by atoms with Crippen molar-refractivity contribution in [2.75, 3.05) is 30.0 Å². The number of hydrogen-bond acceptors (Lipinski definition) is 5. The lowest BCUT2D eigenvalue weighted by atomic mass is 10.4. The Hall–Kier alpha value is -0.970. The van der Waals surface area contributed by atoms with E-state index in [1.807, 2.05) is 31.7 Å². The van der Waals surface area contributed by atoms with Crippen LogP contribution in [-0.4, -0.2) is 34.6 Å². The smallest absolute Gasteiger partial charge is 0.224 e. The van der Waals surface area contributed by atoms with Crippen LogP contribution in [0.3, 0.4) is 0 Å². The monoisotopic (exact) mass is 240 g/mol. The van der Waals surface area contributed by atoms with Crippen molar-refractivity contribution in [2.24, 2.45) is 0 Å². The second-order valence-corrected chi connectivity index (χ2v) is 4.95. The Labute approximate surface area is 102 Å². The molecule has 0 saturated heterocycles. The standard InChI is InChI=1S/C11H20N4S/c1-5-12-11-14-8(2)6-10(15-11)13-7-9(3)16-4/h6,9H,5,7H2,1-4H3,(H2,12,13,14,15). The van der Waals surface area contributed by atoms with Gasteiger partial charge in [0.1, 0.15) is 5.82 Å². The summed E-state index contributed by atoms with van der Waals surface area (Å²) in [4.78, 5) is 8.69. The van der Waals surface area contributed by atoms with Gasteiger partial charge in [-0.25, -0.2) is 4.98 Å². The zero-order valence-electron chi connectivity index (χ0n) is 10.4. The number of nitrogens with zero attached hydrogens (tertiary/aromatic N) is 2. The van der Waals surface area contributed by atoms with Crippen LogP contribution in [0.4, 0.5) is 11.8 Å². The number of hydrogen-bond donors (Lipinski definition) is 2. The second-order valence-electron chi connectivity index (χ2n) is 3.68. The van der Waals surface area contributed by atoms with Crippen LogP contribution in [0.25, 0.3) is 0 Å². The minimum absolute atomic E-state index is 0.581. The zero-order chi connectivity index (χ0) is 12.0. The Morgan fingerprint density at radius 2 is 2.12 bits per heavy atom. The van der Waals surface area contributed by atoms with Gasteiger partial charge in [0.15, 0.2) is 0 Å². The topological polar surface area (TPSA) is 49.8 Å². The molecule has 0 saturated carbocycles. The summed E-state index contributed by atoms with van der Waals surface area (Å²) in [5.41, 5.74) is 0.977. The lowest BCUT2D eigenvalue weighted by Crippen LogP contribution is -2.14. The van der Waals surface area contributed by atoms with Gasteiger partial charge < -0.3 is 10.6 Å². The Bertz CT molecular complexity index is 330. The molecule has 4 nitrogen and oxygen atoms in total. The van der Waals surface area contributed by atoms with Crippen molar-refractivity contribution < 1.29 is 0 Å². The zero-order valence-corrected chi connectivity index (χ0v) is 11.2. The van der Waals surface area contributed by atoms with Crippen molar-refractivity contribution in [3.63, 3.8) is 0 Å². The van der Waals surface area contributed by atoms with Crippen LogP contribution in [-0.2, 0) is 0 Å². The van der Waals surface area contributed by atoms with Crippen LogP contribution >= 0.6 is 11.8 Å². The van der Waals surface area contributed by atoms with E-state index >= 15 is 0 Å². The average molecular weight is 240 g/mol. The predicted molar refractivity (Wildman–Crippen MR) is 72.4 cm³/mol. The highest BCUT2D eigenvalue weighted by Crippen LogP contribution is 2.11. The fourth-order valence-electron chi connectivity index (χ4n) is 1.23. The highest BCUT2D eigenvalue weighted by atomic mass is 32.2. The molecule has 1 aromatic rings. The molecule has 1 heterocycles. The molecule has 0 aliphatic carbocycles. The molecular formula is C11H20N4S. The third kappa shape index (κ3) is 4.26. The molecule has 1 rings (SSSR count). The first-order valence-corrected chi connectivity index (χ1v) is 6.80. The molecule has 0 fully saturated rings. The fraction of sp³-hybridized carbons (Fsp3) is 0.636. The van der Waals surface area contributed by atoms with E-state index in [4.69, 9.17) is 0 Å². The molecule has 0 spiro atoms. The van der Waals surface area contributed by atoms with Crippen LogP contribution in [0, 0.1) is 6.92 Å². The number of nitrogens with one attached hydrogen (secondary N) is 2. The summed E-state index contributed by atoms with van der Waals surface area (Å²) in [6.07, 6.45) is 2.11. The fourth-order valence-corrected chi connectivity index (χ4v) is 1.48. The lowest BCUT2D eigenvalue weighted by Gasteiger charge is -2.12. The van der Waals surface area contributed by atoms with E-state index in [2.05, 4.69) is 33.8 Å². The molecule has 1 aromatic heterocycles. The average Bonchev–Trinajstić information content (AvgIpc) is 2.25.